The average molecular weight is 291 g/mol. The van der Waals surface area contributed by atoms with Crippen LogP contribution in [0.2, 0.25) is 0 Å². The Bertz CT molecular complexity index is 631. The van der Waals surface area contributed by atoms with E-state index >= 15 is 0 Å². The molecule has 0 unspecified atom stereocenters. The van der Waals surface area contributed by atoms with Gasteiger partial charge in [-0.3, -0.25) is 4.72 Å². The second kappa shape index (κ2) is 4.39. The van der Waals surface area contributed by atoms with E-state index in [-0.39, 0.29) is 14.9 Å². The molecule has 0 atom stereocenters. The topological polar surface area (TPSA) is 109 Å². The number of nitrogens with one attached hydrogen (secondary N) is 1. The third kappa shape index (κ3) is 2.60. The van der Waals surface area contributed by atoms with E-state index in [1.807, 2.05) is 0 Å². The molecule has 0 fully saturated rings. The highest BCUT2D eigenvalue weighted by molar-refractivity contribution is 7.93. The number of rotatable bonds is 4. The molecule has 0 aliphatic rings. The Morgan fingerprint density at radius 1 is 1.41 bits per heavy atom. The van der Waals surface area contributed by atoms with E-state index < -0.39 is 16.0 Å². The van der Waals surface area contributed by atoms with Crippen LogP contribution >= 0.6 is 22.7 Å². The second-order valence-corrected chi connectivity index (χ2v) is 6.23. The third-order valence-electron chi connectivity index (χ3n) is 1.68. The molecule has 2 heterocycles. The molecule has 0 saturated carbocycles. The summed E-state index contributed by atoms with van der Waals surface area (Å²) < 4.78 is 25.8. The summed E-state index contributed by atoms with van der Waals surface area (Å²) in [6.45, 7) is 0. The van der Waals surface area contributed by atoms with Crippen molar-refractivity contribution in [1.29, 1.82) is 0 Å². The van der Waals surface area contributed by atoms with Crippen LogP contribution in [0.3, 0.4) is 0 Å². The second-order valence-electron chi connectivity index (χ2n) is 2.80. The van der Waals surface area contributed by atoms with Crippen molar-refractivity contribution in [1.82, 2.24) is 10.2 Å². The van der Waals surface area contributed by atoms with Crippen LogP contribution in [-0.2, 0) is 10.0 Å². The smallest absolute Gasteiger partial charge is 0.345 e. The molecule has 0 aliphatic heterocycles. The van der Waals surface area contributed by atoms with Gasteiger partial charge < -0.3 is 5.11 Å². The van der Waals surface area contributed by atoms with Crippen molar-refractivity contribution in [3.63, 3.8) is 0 Å². The molecule has 2 aromatic rings. The summed E-state index contributed by atoms with van der Waals surface area (Å²) in [5.74, 6) is -1.16. The van der Waals surface area contributed by atoms with E-state index in [0.29, 0.717) is 0 Å². The normalized spacial score (nSPS) is 11.3. The van der Waals surface area contributed by atoms with Gasteiger partial charge >= 0.3 is 5.97 Å². The molecular weight excluding hydrogens is 286 g/mol. The first kappa shape index (κ1) is 12.0. The van der Waals surface area contributed by atoms with Crippen LogP contribution in [0.25, 0.3) is 0 Å². The fraction of sp³-hybridized carbons (Fsp3) is 0. The van der Waals surface area contributed by atoms with Crippen molar-refractivity contribution in [2.75, 3.05) is 4.72 Å². The third-order valence-corrected chi connectivity index (χ3v) is 4.80. The highest BCUT2D eigenvalue weighted by atomic mass is 32.2. The van der Waals surface area contributed by atoms with Gasteiger partial charge in [0, 0.05) is 5.38 Å². The lowest BCUT2D eigenvalue weighted by Gasteiger charge is -2.00. The van der Waals surface area contributed by atoms with Gasteiger partial charge in [0.05, 0.1) is 4.90 Å². The van der Waals surface area contributed by atoms with E-state index in [1.165, 1.54) is 10.9 Å². The highest BCUT2D eigenvalue weighted by Crippen LogP contribution is 2.22. The zero-order chi connectivity index (χ0) is 12.5. The maximum absolute atomic E-state index is 11.8. The van der Waals surface area contributed by atoms with Crippen LogP contribution < -0.4 is 4.72 Å². The summed E-state index contributed by atoms with van der Waals surface area (Å²) in [5, 5.41) is 17.1. The number of hydrogen-bond donors (Lipinski definition) is 2. The predicted molar refractivity (Wildman–Crippen MR) is 62.0 cm³/mol. The molecule has 0 spiro atoms. The Labute approximate surface area is 104 Å². The number of nitrogens with zero attached hydrogens (tertiary/aromatic N) is 2. The van der Waals surface area contributed by atoms with Crippen LogP contribution in [0.1, 0.15) is 9.67 Å². The number of hydrogen-bond acceptors (Lipinski definition) is 7. The summed E-state index contributed by atoms with van der Waals surface area (Å²) in [7, 11) is -3.79. The summed E-state index contributed by atoms with van der Waals surface area (Å²) in [6, 6.07) is 1.09. The van der Waals surface area contributed by atoms with Crippen molar-refractivity contribution in [2.24, 2.45) is 0 Å². The van der Waals surface area contributed by atoms with Crippen molar-refractivity contribution >= 4 is 43.8 Å². The minimum atomic E-state index is -3.79. The lowest BCUT2D eigenvalue weighted by Crippen LogP contribution is -2.12. The fourth-order valence-corrected chi connectivity index (χ4v) is 3.77. The molecular formula is C7H5N3O4S3. The number of carboxylic acids is 1. The Kier molecular flexibility index (Phi) is 3.09. The Morgan fingerprint density at radius 3 is 2.71 bits per heavy atom. The molecule has 10 heteroatoms. The number of anilines is 1. The highest BCUT2D eigenvalue weighted by Gasteiger charge is 2.19. The predicted octanol–water partition coefficient (Wildman–Crippen LogP) is 1.10. The first-order valence-electron chi connectivity index (χ1n) is 4.10. The standard InChI is InChI=1S/C7H5N3O4S3/c11-6(12)5-1-4(2-15-5)17(13,14)10-7-9-8-3-16-7/h1-3H,(H,9,10)(H,11,12). The monoisotopic (exact) mass is 291 g/mol. The van der Waals surface area contributed by atoms with Gasteiger partial charge in [0.25, 0.3) is 10.0 Å². The van der Waals surface area contributed by atoms with E-state index in [4.69, 9.17) is 5.11 Å². The summed E-state index contributed by atoms with van der Waals surface area (Å²) in [5.41, 5.74) is 1.38. The number of carboxylic acid groups (broad SMARTS) is 1. The minimum Gasteiger partial charge on any atom is -0.477 e. The number of sulfonamides is 1. The van der Waals surface area contributed by atoms with Crippen molar-refractivity contribution < 1.29 is 18.3 Å². The molecule has 2 N–H and O–H groups in total. The quantitative estimate of drug-likeness (QED) is 0.873. The van der Waals surface area contributed by atoms with Crippen LogP contribution in [0.5, 0.6) is 0 Å². The molecule has 7 nitrogen and oxygen atoms in total. The lowest BCUT2D eigenvalue weighted by atomic mass is 10.5. The molecule has 90 valence electrons. The largest absolute Gasteiger partial charge is 0.477 e. The van der Waals surface area contributed by atoms with Crippen LogP contribution in [0, 0.1) is 0 Å². The molecule has 0 aromatic carbocycles. The van der Waals surface area contributed by atoms with Gasteiger partial charge in [0.2, 0.25) is 5.13 Å². The van der Waals surface area contributed by atoms with E-state index in [1.54, 1.807) is 0 Å². The van der Waals surface area contributed by atoms with Gasteiger partial charge in [-0.25, -0.2) is 13.2 Å². The zero-order valence-corrected chi connectivity index (χ0v) is 10.5. The molecule has 0 aliphatic carbocycles. The molecule has 0 radical (unpaired) electrons. The van der Waals surface area contributed by atoms with Crippen molar-refractivity contribution in [3.8, 4) is 0 Å². The van der Waals surface area contributed by atoms with Gasteiger partial charge in [0.15, 0.2) is 0 Å². The number of carbonyl (C=O) groups is 1. The van der Waals surface area contributed by atoms with E-state index in [9.17, 15) is 13.2 Å². The Hall–Kier alpha value is -1.52. The van der Waals surface area contributed by atoms with Gasteiger partial charge in [0.1, 0.15) is 10.4 Å². The number of aromatic nitrogens is 2. The van der Waals surface area contributed by atoms with Crippen LogP contribution in [-0.4, -0.2) is 29.7 Å². The van der Waals surface area contributed by atoms with Crippen molar-refractivity contribution in [3.05, 3.63) is 21.8 Å². The number of thiophene rings is 1. The SMILES string of the molecule is O=C(O)c1cc(S(=O)(=O)Nc2nncs2)cs1. The maximum Gasteiger partial charge on any atom is 0.345 e. The summed E-state index contributed by atoms with van der Waals surface area (Å²) in [6.07, 6.45) is 0. The Morgan fingerprint density at radius 2 is 2.18 bits per heavy atom. The number of aromatic carboxylic acids is 1. The van der Waals surface area contributed by atoms with Gasteiger partial charge in [-0.2, -0.15) is 0 Å². The zero-order valence-electron chi connectivity index (χ0n) is 8.02. The molecule has 17 heavy (non-hydrogen) atoms. The first-order valence-corrected chi connectivity index (χ1v) is 7.34. The molecule has 0 bridgehead atoms. The van der Waals surface area contributed by atoms with Crippen LogP contribution in [0.15, 0.2) is 21.9 Å². The maximum atomic E-state index is 11.8. The van der Waals surface area contributed by atoms with Crippen molar-refractivity contribution in [2.45, 2.75) is 4.90 Å². The van der Waals surface area contributed by atoms with E-state index in [2.05, 4.69) is 14.9 Å². The fourth-order valence-electron chi connectivity index (χ4n) is 0.963. The van der Waals surface area contributed by atoms with Gasteiger partial charge in [-0.1, -0.05) is 11.3 Å². The summed E-state index contributed by atoms with van der Waals surface area (Å²) in [4.78, 5) is 10.5. The average Bonchev–Trinajstić information content (AvgIpc) is 2.84. The first-order chi connectivity index (χ1) is 7.99. The van der Waals surface area contributed by atoms with E-state index in [0.717, 1.165) is 28.7 Å². The van der Waals surface area contributed by atoms with Gasteiger partial charge in [-0.05, 0) is 6.07 Å². The molecule has 0 amide bonds. The Balaban J connectivity index is 2.28. The van der Waals surface area contributed by atoms with Gasteiger partial charge in [-0.15, -0.1) is 21.5 Å². The van der Waals surface area contributed by atoms with Crippen LogP contribution in [0.4, 0.5) is 5.13 Å². The lowest BCUT2D eigenvalue weighted by molar-refractivity contribution is 0.0702. The molecule has 2 aromatic heterocycles. The minimum absolute atomic E-state index is 0.0392. The molecule has 0 saturated heterocycles. The summed E-state index contributed by atoms with van der Waals surface area (Å²) >= 11 is 1.88. The molecule has 2 rings (SSSR count).